The number of hydrogen-bond donors (Lipinski definition) is 0. The normalized spacial score (nSPS) is 26.9. The van der Waals surface area contributed by atoms with Crippen LogP contribution in [0.5, 0.6) is 0 Å². The van der Waals surface area contributed by atoms with E-state index < -0.39 is 38.6 Å². The van der Waals surface area contributed by atoms with Gasteiger partial charge in [0.05, 0.1) is 26.2 Å². The molecule has 2 aliphatic carbocycles. The monoisotopic (exact) mass is 686 g/mol. The Balaban J connectivity index is 2.98. The molecule has 2 rings (SSSR count). The van der Waals surface area contributed by atoms with Crippen LogP contribution in [0.25, 0.3) is 0 Å². The van der Waals surface area contributed by atoms with Crippen molar-refractivity contribution in [3.8, 4) is 0 Å². The van der Waals surface area contributed by atoms with Crippen molar-refractivity contribution in [2.75, 3.05) is 7.11 Å². The minimum absolute atomic E-state index is 0.0694. The van der Waals surface area contributed by atoms with Crippen LogP contribution in [0.2, 0.25) is 37.8 Å². The molecule has 2 bridgehead atoms. The van der Waals surface area contributed by atoms with Crippen molar-refractivity contribution in [2.24, 2.45) is 28.1 Å². The number of ether oxygens (including phenoxy) is 1. The van der Waals surface area contributed by atoms with Gasteiger partial charge < -0.3 is 9.16 Å². The molecule has 0 radical (unpaired) electrons. The van der Waals surface area contributed by atoms with Gasteiger partial charge in [0, 0.05) is 11.1 Å². The van der Waals surface area contributed by atoms with E-state index in [2.05, 4.69) is 87.2 Å². The van der Waals surface area contributed by atoms with Crippen molar-refractivity contribution in [3.63, 3.8) is 0 Å². The molecule has 0 amide bonds. The summed E-state index contributed by atoms with van der Waals surface area (Å²) in [4.78, 5) is 46.1. The van der Waals surface area contributed by atoms with Crippen molar-refractivity contribution in [1.29, 1.82) is 0 Å². The third-order valence-electron chi connectivity index (χ3n) is 11.8. The van der Waals surface area contributed by atoms with E-state index in [-0.39, 0.29) is 28.9 Å². The number of allylic oxidation sites excluding steroid dienone is 6. The van der Waals surface area contributed by atoms with Crippen LogP contribution in [0, 0.1) is 28.1 Å². The summed E-state index contributed by atoms with van der Waals surface area (Å²) in [7, 11) is -2.63. The Morgan fingerprint density at radius 1 is 0.979 bits per heavy atom. The molecule has 47 heavy (non-hydrogen) atoms. The second-order valence-corrected chi connectivity index (χ2v) is 27.1. The fourth-order valence-electron chi connectivity index (χ4n) is 8.91. The third-order valence-corrected chi connectivity index (χ3v) is 18.6. The van der Waals surface area contributed by atoms with Gasteiger partial charge in [-0.3, -0.25) is 14.4 Å². The average molecular weight is 687 g/mol. The predicted molar refractivity (Wildman–Crippen MR) is 203 cm³/mol. The Kier molecular flexibility index (Phi) is 13.4. The minimum Gasteiger partial charge on any atom is -0.500 e. The van der Waals surface area contributed by atoms with Crippen LogP contribution in [0.3, 0.4) is 0 Å². The summed E-state index contributed by atoms with van der Waals surface area (Å²) >= 11 is 0. The lowest BCUT2D eigenvalue weighted by Crippen LogP contribution is -2.72. The van der Waals surface area contributed by atoms with Gasteiger partial charge in [-0.1, -0.05) is 90.9 Å². The van der Waals surface area contributed by atoms with Gasteiger partial charge in [-0.15, -0.1) is 0 Å². The summed E-state index contributed by atoms with van der Waals surface area (Å²) in [6.07, 6.45) is 8.25. The fourth-order valence-corrected chi connectivity index (χ4v) is 14.0. The number of carbonyl (C=O) groups excluding carboxylic acids is 3. The Morgan fingerprint density at radius 2 is 1.51 bits per heavy atom. The molecular weight excluding hydrogens is 617 g/mol. The molecule has 268 valence electrons. The highest BCUT2D eigenvalue weighted by atomic mass is 28.4. The zero-order valence-corrected chi connectivity index (χ0v) is 35.2. The first kappa shape index (κ1) is 41.6. The van der Waals surface area contributed by atoms with Crippen LogP contribution in [-0.2, 0) is 23.5 Å². The summed E-state index contributed by atoms with van der Waals surface area (Å²) < 4.78 is 13.2. The van der Waals surface area contributed by atoms with Crippen LogP contribution >= 0.6 is 0 Å². The summed E-state index contributed by atoms with van der Waals surface area (Å²) in [5, 5.41) is 0.649. The molecule has 1 fully saturated rings. The minimum atomic E-state index is -2.40. The Bertz CT molecular complexity index is 1260. The van der Waals surface area contributed by atoms with Crippen molar-refractivity contribution < 1.29 is 23.5 Å². The maximum Gasteiger partial charge on any atom is 0.192 e. The van der Waals surface area contributed by atoms with Gasteiger partial charge in [-0.05, 0) is 103 Å². The van der Waals surface area contributed by atoms with Gasteiger partial charge in [0.1, 0.15) is 5.76 Å². The number of hydrogen-bond acceptors (Lipinski definition) is 5. The zero-order chi connectivity index (χ0) is 36.4. The smallest absolute Gasteiger partial charge is 0.192 e. The van der Waals surface area contributed by atoms with E-state index in [1.165, 1.54) is 5.57 Å². The second kappa shape index (κ2) is 15.1. The summed E-state index contributed by atoms with van der Waals surface area (Å²) in [5.41, 5.74) is -1.70. The van der Waals surface area contributed by atoms with Crippen LogP contribution < -0.4 is 0 Å². The molecule has 4 atom stereocenters. The number of rotatable bonds is 17. The summed E-state index contributed by atoms with van der Waals surface area (Å²) in [6, 6.07) is 3.26. The quantitative estimate of drug-likeness (QED) is 0.0865. The van der Waals surface area contributed by atoms with Gasteiger partial charge >= 0.3 is 0 Å². The van der Waals surface area contributed by atoms with Crippen molar-refractivity contribution in [2.45, 2.75) is 165 Å². The third kappa shape index (κ3) is 7.62. The number of methoxy groups -OCH3 is 1. The van der Waals surface area contributed by atoms with E-state index in [0.29, 0.717) is 36.6 Å². The van der Waals surface area contributed by atoms with E-state index in [4.69, 9.17) is 9.16 Å². The van der Waals surface area contributed by atoms with Crippen molar-refractivity contribution in [1.82, 2.24) is 0 Å². The molecule has 0 aromatic heterocycles. The zero-order valence-electron chi connectivity index (χ0n) is 33.2. The lowest BCUT2D eigenvalue weighted by molar-refractivity contribution is -0.180. The standard InChI is InChI=1S/C40H70O5Si2/c1-17-47(18-2,19-3)45-37(10,11)24-20-25-38(12)31(22-21-28(4)5)27-39(26-23-29(6)7)35(44-13)32(46(14,15)16)34(42)40(38,36(39)43)33(41)30(8)9/h21,23,30-31H,17-20,22,24-27H2,1-16H3. The maximum absolute atomic E-state index is 15.6. The van der Waals surface area contributed by atoms with Crippen LogP contribution in [-0.4, -0.2) is 46.5 Å². The fraction of sp³-hybridized carbons (Fsp3) is 0.775. The van der Waals surface area contributed by atoms with Crippen LogP contribution in [0.4, 0.5) is 0 Å². The molecular formula is C40H70O5Si2. The van der Waals surface area contributed by atoms with Gasteiger partial charge in [-0.2, -0.15) is 0 Å². The molecule has 0 saturated heterocycles. The number of fused-ring (bicyclic) bond motifs is 2. The van der Waals surface area contributed by atoms with E-state index in [0.717, 1.165) is 36.5 Å². The highest BCUT2D eigenvalue weighted by Crippen LogP contribution is 2.68. The van der Waals surface area contributed by atoms with Gasteiger partial charge in [-0.25, -0.2) is 0 Å². The van der Waals surface area contributed by atoms with E-state index >= 15 is 14.4 Å². The first-order valence-electron chi connectivity index (χ1n) is 18.4. The number of carbonyl (C=O) groups is 3. The molecule has 0 N–H and O–H groups in total. The van der Waals surface area contributed by atoms with Gasteiger partial charge in [0.25, 0.3) is 0 Å². The topological polar surface area (TPSA) is 69.7 Å². The highest BCUT2D eigenvalue weighted by Gasteiger charge is 2.76. The second-order valence-electron chi connectivity index (χ2n) is 17.4. The van der Waals surface area contributed by atoms with Crippen LogP contribution in [0.15, 0.2) is 34.3 Å². The molecule has 0 aromatic rings. The predicted octanol–water partition coefficient (Wildman–Crippen LogP) is 10.8. The first-order valence-corrected chi connectivity index (χ1v) is 24.5. The lowest BCUT2D eigenvalue weighted by atomic mass is 9.38. The first-order chi connectivity index (χ1) is 21.5. The van der Waals surface area contributed by atoms with Crippen LogP contribution in [0.1, 0.15) is 122 Å². The molecule has 7 heteroatoms. The van der Waals surface area contributed by atoms with E-state index in [1.54, 1.807) is 7.11 Å². The molecule has 0 aliphatic heterocycles. The number of Topliss-reactive ketones (excluding diaryl/α,β-unsaturated/α-hetero) is 3. The molecule has 1 saturated carbocycles. The highest BCUT2D eigenvalue weighted by molar-refractivity contribution is 6.88. The molecule has 4 unspecified atom stereocenters. The van der Waals surface area contributed by atoms with Crippen molar-refractivity contribution in [3.05, 3.63) is 34.3 Å². The summed E-state index contributed by atoms with van der Waals surface area (Å²) in [6.45, 7) is 31.7. The molecule has 2 aliphatic rings. The largest absolute Gasteiger partial charge is 0.500 e. The van der Waals surface area contributed by atoms with Crippen molar-refractivity contribution >= 4 is 33.7 Å². The Labute approximate surface area is 290 Å². The molecule has 0 spiro atoms. The average Bonchev–Trinajstić information content (AvgIpc) is 2.96. The maximum atomic E-state index is 15.6. The van der Waals surface area contributed by atoms with Gasteiger partial charge in [0.15, 0.2) is 31.1 Å². The molecule has 5 nitrogen and oxygen atoms in total. The summed E-state index contributed by atoms with van der Waals surface area (Å²) in [5.74, 6) is -0.697. The van der Waals surface area contributed by atoms with E-state index in [1.807, 2.05) is 27.7 Å². The molecule has 0 aromatic carbocycles. The Hall–Kier alpha value is -1.58. The SMILES string of the molecule is CC[Si](CC)(CC)OC(C)(C)CCCC1(C)C(CC=C(C)C)CC2(CC=C(C)C)C(=O)C1(C(=O)C(C)C)C(=O)C([Si](C)(C)C)=C2OC. The van der Waals surface area contributed by atoms with E-state index in [9.17, 15) is 0 Å². The number of ketones is 3. The lowest BCUT2D eigenvalue weighted by Gasteiger charge is -2.62. The molecule has 0 heterocycles. The van der Waals surface area contributed by atoms with Gasteiger partial charge in [0.2, 0.25) is 0 Å². The Morgan fingerprint density at radius 3 is 1.94 bits per heavy atom.